The topological polar surface area (TPSA) is 40.7 Å². The highest BCUT2D eigenvalue weighted by atomic mass is 35.5. The molecule has 2 N–H and O–H groups in total. The predicted molar refractivity (Wildman–Crippen MR) is 69.1 cm³/mol. The van der Waals surface area contributed by atoms with E-state index in [0.29, 0.717) is 17.8 Å². The number of hydrogen-bond donors (Lipinski definition) is 2. The molecule has 0 amide bonds. The molecule has 4 heteroatoms. The van der Waals surface area contributed by atoms with Crippen LogP contribution in [0.25, 0.3) is 11.0 Å². The first-order chi connectivity index (χ1) is 7.70. The summed E-state index contributed by atoms with van der Waals surface area (Å²) in [6.45, 7) is 4.23. The van der Waals surface area contributed by atoms with Crippen LogP contribution in [-0.2, 0) is 0 Å². The average Bonchev–Trinajstić information content (AvgIpc) is 2.69. The van der Waals surface area contributed by atoms with Crippen LogP contribution in [0.15, 0.2) is 24.3 Å². The third-order valence-electron chi connectivity index (χ3n) is 2.85. The van der Waals surface area contributed by atoms with Crippen molar-refractivity contribution in [2.75, 3.05) is 11.2 Å². The number of halogens is 1. The highest BCUT2D eigenvalue weighted by Gasteiger charge is 2.12. The van der Waals surface area contributed by atoms with E-state index in [1.165, 1.54) is 0 Å². The second-order valence-electron chi connectivity index (χ2n) is 4.17. The normalized spacial score (nSPS) is 14.9. The van der Waals surface area contributed by atoms with Crippen molar-refractivity contribution in [2.45, 2.75) is 19.9 Å². The van der Waals surface area contributed by atoms with Crippen LogP contribution in [0.2, 0.25) is 0 Å². The Bertz CT molecular complexity index is 433. The molecule has 0 aliphatic heterocycles. The largest absolute Gasteiger partial charge is 0.353 e. The van der Waals surface area contributed by atoms with Gasteiger partial charge >= 0.3 is 0 Å². The van der Waals surface area contributed by atoms with Crippen LogP contribution in [0.5, 0.6) is 0 Å². The quantitative estimate of drug-likeness (QED) is 0.802. The summed E-state index contributed by atoms with van der Waals surface area (Å²) < 4.78 is 0. The summed E-state index contributed by atoms with van der Waals surface area (Å²) in [6.07, 6.45) is 0. The van der Waals surface area contributed by atoms with Gasteiger partial charge in [-0.15, -0.1) is 11.6 Å². The predicted octanol–water partition coefficient (Wildman–Crippen LogP) is 3.24. The smallest absolute Gasteiger partial charge is 0.201 e. The number of nitrogens with one attached hydrogen (secondary N) is 2. The Morgan fingerprint density at radius 3 is 2.81 bits per heavy atom. The van der Waals surface area contributed by atoms with Crippen molar-refractivity contribution >= 4 is 28.6 Å². The van der Waals surface area contributed by atoms with Crippen LogP contribution in [0.3, 0.4) is 0 Å². The van der Waals surface area contributed by atoms with Crippen molar-refractivity contribution in [3.63, 3.8) is 0 Å². The van der Waals surface area contributed by atoms with Gasteiger partial charge in [0.1, 0.15) is 0 Å². The molecule has 16 heavy (non-hydrogen) atoms. The Hall–Kier alpha value is -1.22. The summed E-state index contributed by atoms with van der Waals surface area (Å²) in [5, 5.41) is 3.33. The summed E-state index contributed by atoms with van der Waals surface area (Å²) in [7, 11) is 0. The summed E-state index contributed by atoms with van der Waals surface area (Å²) in [4.78, 5) is 7.70. The van der Waals surface area contributed by atoms with Gasteiger partial charge in [0.2, 0.25) is 5.95 Å². The van der Waals surface area contributed by atoms with Gasteiger partial charge in [-0.05, 0) is 25.0 Å². The van der Waals surface area contributed by atoms with Gasteiger partial charge in [0.15, 0.2) is 0 Å². The van der Waals surface area contributed by atoms with E-state index in [2.05, 4.69) is 29.1 Å². The molecule has 86 valence electrons. The number of alkyl halides is 1. The minimum Gasteiger partial charge on any atom is -0.353 e. The lowest BCUT2D eigenvalue weighted by molar-refractivity contribution is 0.563. The van der Waals surface area contributed by atoms with Crippen LogP contribution in [-0.4, -0.2) is 21.9 Å². The van der Waals surface area contributed by atoms with Crippen molar-refractivity contribution in [1.82, 2.24) is 9.97 Å². The number of benzene rings is 1. The van der Waals surface area contributed by atoms with E-state index in [4.69, 9.17) is 11.6 Å². The van der Waals surface area contributed by atoms with Gasteiger partial charge in [-0.1, -0.05) is 19.1 Å². The minimum atomic E-state index is 0.304. The zero-order valence-electron chi connectivity index (χ0n) is 9.50. The molecule has 0 fully saturated rings. The molecule has 1 aromatic heterocycles. The van der Waals surface area contributed by atoms with E-state index in [1.807, 2.05) is 24.3 Å². The lowest BCUT2D eigenvalue weighted by Gasteiger charge is -2.18. The van der Waals surface area contributed by atoms with Gasteiger partial charge in [0.25, 0.3) is 0 Å². The molecule has 3 nitrogen and oxygen atoms in total. The molecule has 2 aromatic rings. The number of imidazole rings is 1. The number of H-pyrrole nitrogens is 1. The second kappa shape index (κ2) is 4.74. The number of nitrogens with zero attached hydrogens (tertiary/aromatic N) is 1. The molecule has 1 aromatic carbocycles. The van der Waals surface area contributed by atoms with Crippen molar-refractivity contribution in [1.29, 1.82) is 0 Å². The van der Waals surface area contributed by atoms with E-state index in [0.717, 1.165) is 17.0 Å². The molecule has 0 spiro atoms. The molecular formula is C12H16ClN3. The molecule has 0 aliphatic rings. The Labute approximate surface area is 100 Å². The number of anilines is 1. The third-order valence-corrected chi connectivity index (χ3v) is 3.34. The average molecular weight is 238 g/mol. The lowest BCUT2D eigenvalue weighted by Crippen LogP contribution is -2.25. The number of hydrogen-bond acceptors (Lipinski definition) is 2. The third kappa shape index (κ3) is 2.30. The lowest BCUT2D eigenvalue weighted by atomic mass is 10.1. The minimum absolute atomic E-state index is 0.304. The molecule has 0 aliphatic carbocycles. The highest BCUT2D eigenvalue weighted by Crippen LogP contribution is 2.16. The SMILES string of the molecule is CC(CCl)C(C)Nc1nc2ccccc2[nH]1. The Balaban J connectivity index is 2.15. The Kier molecular flexibility index (Phi) is 3.34. The van der Waals surface area contributed by atoms with Gasteiger partial charge in [0.05, 0.1) is 11.0 Å². The van der Waals surface area contributed by atoms with E-state index >= 15 is 0 Å². The summed E-state index contributed by atoms with van der Waals surface area (Å²) >= 11 is 5.82. The fraction of sp³-hybridized carbons (Fsp3) is 0.417. The maximum Gasteiger partial charge on any atom is 0.201 e. The van der Waals surface area contributed by atoms with Crippen molar-refractivity contribution in [2.24, 2.45) is 5.92 Å². The first-order valence-electron chi connectivity index (χ1n) is 5.48. The first kappa shape index (κ1) is 11.3. The molecule has 2 rings (SSSR count). The number of aromatic nitrogens is 2. The van der Waals surface area contributed by atoms with Crippen LogP contribution in [0, 0.1) is 5.92 Å². The molecule has 1 heterocycles. The molecule has 2 atom stereocenters. The number of fused-ring (bicyclic) bond motifs is 1. The van der Waals surface area contributed by atoms with Crippen molar-refractivity contribution in [3.8, 4) is 0 Å². The van der Waals surface area contributed by atoms with Crippen LogP contribution >= 0.6 is 11.6 Å². The molecule has 2 unspecified atom stereocenters. The zero-order chi connectivity index (χ0) is 11.5. The molecule has 0 saturated heterocycles. The number of para-hydroxylation sites is 2. The fourth-order valence-electron chi connectivity index (χ4n) is 1.51. The van der Waals surface area contributed by atoms with Crippen LogP contribution < -0.4 is 5.32 Å². The monoisotopic (exact) mass is 237 g/mol. The molecule has 0 bridgehead atoms. The number of rotatable bonds is 4. The van der Waals surface area contributed by atoms with E-state index in [1.54, 1.807) is 0 Å². The van der Waals surface area contributed by atoms with Crippen molar-refractivity contribution in [3.05, 3.63) is 24.3 Å². The summed E-state index contributed by atoms with van der Waals surface area (Å²) in [6, 6.07) is 8.29. The standard InChI is InChI=1S/C12H16ClN3/c1-8(7-13)9(2)14-12-15-10-5-3-4-6-11(10)16-12/h3-6,8-9H,7H2,1-2H3,(H2,14,15,16). The van der Waals surface area contributed by atoms with Gasteiger partial charge in [0, 0.05) is 11.9 Å². The van der Waals surface area contributed by atoms with E-state index in [9.17, 15) is 0 Å². The van der Waals surface area contributed by atoms with Crippen molar-refractivity contribution < 1.29 is 0 Å². The maximum atomic E-state index is 5.82. The zero-order valence-corrected chi connectivity index (χ0v) is 10.3. The van der Waals surface area contributed by atoms with E-state index in [-0.39, 0.29) is 0 Å². The van der Waals surface area contributed by atoms with E-state index < -0.39 is 0 Å². The van der Waals surface area contributed by atoms with Gasteiger partial charge in [-0.3, -0.25) is 0 Å². The highest BCUT2D eigenvalue weighted by molar-refractivity contribution is 6.18. The molecule has 0 saturated carbocycles. The molecule has 0 radical (unpaired) electrons. The van der Waals surface area contributed by atoms with Gasteiger partial charge in [-0.2, -0.15) is 0 Å². The Morgan fingerprint density at radius 2 is 2.12 bits per heavy atom. The molecular weight excluding hydrogens is 222 g/mol. The van der Waals surface area contributed by atoms with Crippen LogP contribution in [0.1, 0.15) is 13.8 Å². The maximum absolute atomic E-state index is 5.82. The first-order valence-corrected chi connectivity index (χ1v) is 6.01. The van der Waals surface area contributed by atoms with Crippen LogP contribution in [0.4, 0.5) is 5.95 Å². The van der Waals surface area contributed by atoms with Gasteiger partial charge in [-0.25, -0.2) is 4.98 Å². The second-order valence-corrected chi connectivity index (χ2v) is 4.48. The summed E-state index contributed by atoms with van der Waals surface area (Å²) in [5.74, 6) is 1.87. The Morgan fingerprint density at radius 1 is 1.38 bits per heavy atom. The fourth-order valence-corrected chi connectivity index (χ4v) is 1.78. The number of aromatic amines is 1. The summed E-state index contributed by atoms with van der Waals surface area (Å²) in [5.41, 5.74) is 2.03. The van der Waals surface area contributed by atoms with Gasteiger partial charge < -0.3 is 10.3 Å².